The number of hydrogen-bond donors (Lipinski definition) is 1. The summed E-state index contributed by atoms with van der Waals surface area (Å²) in [5, 5.41) is 10.9. The normalized spacial score (nSPS) is 18.1. The Bertz CT molecular complexity index is 1150. The number of ketones is 1. The predicted octanol–water partition coefficient (Wildman–Crippen LogP) is 4.46. The highest BCUT2D eigenvalue weighted by molar-refractivity contribution is 6.51. The van der Waals surface area contributed by atoms with Gasteiger partial charge in [0.15, 0.2) is 0 Å². The lowest BCUT2D eigenvalue weighted by Gasteiger charge is -2.26. The predicted molar refractivity (Wildman–Crippen MR) is 111 cm³/mol. The number of carbonyl (C=O) groups is 2. The average Bonchev–Trinajstić information content (AvgIpc) is 2.99. The van der Waals surface area contributed by atoms with Crippen LogP contribution in [-0.2, 0) is 9.59 Å². The Labute approximate surface area is 173 Å². The maximum atomic E-state index is 13.3. The van der Waals surface area contributed by atoms with Gasteiger partial charge in [-0.2, -0.15) is 0 Å². The van der Waals surface area contributed by atoms with Gasteiger partial charge in [-0.25, -0.2) is 4.39 Å². The van der Waals surface area contributed by atoms with Crippen molar-refractivity contribution in [2.75, 3.05) is 4.90 Å². The van der Waals surface area contributed by atoms with Gasteiger partial charge in [0.1, 0.15) is 11.6 Å². The number of aromatic nitrogens is 1. The molecule has 1 aliphatic rings. The van der Waals surface area contributed by atoms with E-state index in [0.717, 1.165) is 11.1 Å². The van der Waals surface area contributed by atoms with Crippen LogP contribution in [0.4, 0.5) is 10.1 Å². The Balaban J connectivity index is 1.96. The maximum absolute atomic E-state index is 13.3. The van der Waals surface area contributed by atoms with E-state index in [1.165, 1.54) is 29.2 Å². The average molecular weight is 402 g/mol. The summed E-state index contributed by atoms with van der Waals surface area (Å²) in [6, 6.07) is 13.3. The molecule has 1 aromatic heterocycles. The smallest absolute Gasteiger partial charge is 0.300 e. The van der Waals surface area contributed by atoms with E-state index in [0.29, 0.717) is 11.3 Å². The first-order valence-corrected chi connectivity index (χ1v) is 9.42. The van der Waals surface area contributed by atoms with Crippen molar-refractivity contribution in [1.82, 2.24) is 4.98 Å². The summed E-state index contributed by atoms with van der Waals surface area (Å²) < 4.78 is 13.3. The quantitative estimate of drug-likeness (QED) is 0.399. The summed E-state index contributed by atoms with van der Waals surface area (Å²) in [5.74, 6) is -2.33. The second-order valence-corrected chi connectivity index (χ2v) is 7.30. The molecule has 1 atom stereocenters. The van der Waals surface area contributed by atoms with Gasteiger partial charge in [0.05, 0.1) is 11.6 Å². The molecule has 5 nitrogen and oxygen atoms in total. The van der Waals surface area contributed by atoms with Crippen molar-refractivity contribution in [2.45, 2.75) is 19.9 Å². The first-order valence-electron chi connectivity index (χ1n) is 9.42. The van der Waals surface area contributed by atoms with Gasteiger partial charge < -0.3 is 5.11 Å². The van der Waals surface area contributed by atoms with Crippen LogP contribution in [0.2, 0.25) is 0 Å². The third-order valence-corrected chi connectivity index (χ3v) is 5.07. The molecule has 0 spiro atoms. The van der Waals surface area contributed by atoms with E-state index in [-0.39, 0.29) is 16.9 Å². The summed E-state index contributed by atoms with van der Waals surface area (Å²) in [5.41, 5.74) is 3.30. The number of Topliss-reactive ketones (excluding diaryl/α,β-unsaturated/α-hetero) is 1. The monoisotopic (exact) mass is 402 g/mol. The summed E-state index contributed by atoms with van der Waals surface area (Å²) >= 11 is 0. The number of aliphatic hydroxyl groups excluding tert-OH is 1. The van der Waals surface area contributed by atoms with E-state index in [4.69, 9.17) is 0 Å². The Morgan fingerprint density at radius 2 is 1.57 bits per heavy atom. The van der Waals surface area contributed by atoms with Crippen LogP contribution in [0.3, 0.4) is 0 Å². The number of aliphatic hydroxyl groups is 1. The number of rotatable bonds is 3. The van der Waals surface area contributed by atoms with Gasteiger partial charge in [0.25, 0.3) is 11.7 Å². The molecule has 30 heavy (non-hydrogen) atoms. The zero-order valence-corrected chi connectivity index (χ0v) is 16.5. The summed E-state index contributed by atoms with van der Waals surface area (Å²) in [4.78, 5) is 31.5. The van der Waals surface area contributed by atoms with Crippen molar-refractivity contribution in [2.24, 2.45) is 0 Å². The Morgan fingerprint density at radius 3 is 2.17 bits per heavy atom. The van der Waals surface area contributed by atoms with Gasteiger partial charge in [0, 0.05) is 23.6 Å². The molecular formula is C24H19FN2O3. The van der Waals surface area contributed by atoms with Crippen LogP contribution in [0.15, 0.2) is 72.6 Å². The molecule has 1 saturated heterocycles. The molecule has 2 aromatic carbocycles. The van der Waals surface area contributed by atoms with Gasteiger partial charge in [-0.05, 0) is 79.1 Å². The van der Waals surface area contributed by atoms with Crippen molar-refractivity contribution in [3.8, 4) is 0 Å². The van der Waals surface area contributed by atoms with Gasteiger partial charge >= 0.3 is 0 Å². The van der Waals surface area contributed by atoms with E-state index in [1.54, 1.807) is 24.5 Å². The molecule has 1 unspecified atom stereocenters. The maximum Gasteiger partial charge on any atom is 0.300 e. The molecule has 150 valence electrons. The number of hydrogen-bond acceptors (Lipinski definition) is 4. The summed E-state index contributed by atoms with van der Waals surface area (Å²) in [6.45, 7) is 3.82. The fourth-order valence-electron chi connectivity index (χ4n) is 3.81. The number of benzene rings is 2. The molecular weight excluding hydrogens is 383 g/mol. The number of aryl methyl sites for hydroxylation is 2. The second-order valence-electron chi connectivity index (χ2n) is 7.30. The topological polar surface area (TPSA) is 70.5 Å². The Hall–Kier alpha value is -3.80. The number of carbonyl (C=O) groups excluding carboxylic acids is 2. The van der Waals surface area contributed by atoms with Crippen LogP contribution < -0.4 is 4.90 Å². The third kappa shape index (κ3) is 3.37. The minimum atomic E-state index is -0.834. The van der Waals surface area contributed by atoms with Crippen LogP contribution in [0.1, 0.15) is 28.3 Å². The van der Waals surface area contributed by atoms with E-state index >= 15 is 0 Å². The minimum absolute atomic E-state index is 0.0445. The lowest BCUT2D eigenvalue weighted by molar-refractivity contribution is -0.132. The molecule has 1 fully saturated rings. The number of pyridine rings is 1. The summed E-state index contributed by atoms with van der Waals surface area (Å²) in [6.07, 6.45) is 3.13. The molecule has 3 aromatic rings. The second kappa shape index (κ2) is 7.55. The van der Waals surface area contributed by atoms with Gasteiger partial charge in [-0.1, -0.05) is 6.07 Å². The molecule has 1 amide bonds. The third-order valence-electron chi connectivity index (χ3n) is 5.07. The van der Waals surface area contributed by atoms with Crippen LogP contribution in [0, 0.1) is 19.7 Å². The van der Waals surface area contributed by atoms with Crippen molar-refractivity contribution in [3.63, 3.8) is 0 Å². The standard InChI is InChI=1S/C24H19FN2O3/c1-14-11-15(2)13-19(12-14)27-21(16-7-9-26-10-8-16)20(23(29)24(27)30)22(28)17-3-5-18(25)6-4-17/h3-13,21,28H,1-2H3/b22-20+. The largest absolute Gasteiger partial charge is 0.507 e. The molecule has 0 bridgehead atoms. The first kappa shape index (κ1) is 19.5. The zero-order valence-electron chi connectivity index (χ0n) is 16.5. The molecule has 4 rings (SSSR count). The lowest BCUT2D eigenvalue weighted by atomic mass is 9.95. The van der Waals surface area contributed by atoms with Crippen LogP contribution >= 0.6 is 0 Å². The molecule has 0 saturated carbocycles. The van der Waals surface area contributed by atoms with Crippen molar-refractivity contribution in [1.29, 1.82) is 0 Å². The van der Waals surface area contributed by atoms with E-state index in [2.05, 4.69) is 4.98 Å². The number of halogens is 1. The number of nitrogens with zero attached hydrogens (tertiary/aromatic N) is 2. The fourth-order valence-corrected chi connectivity index (χ4v) is 3.81. The molecule has 1 aliphatic heterocycles. The highest BCUT2D eigenvalue weighted by Crippen LogP contribution is 2.42. The van der Waals surface area contributed by atoms with E-state index < -0.39 is 23.5 Å². The number of amides is 1. The minimum Gasteiger partial charge on any atom is -0.507 e. The SMILES string of the molecule is Cc1cc(C)cc(N2C(=O)C(=O)/C(=C(/O)c3ccc(F)cc3)C2c2ccncc2)c1. The van der Waals surface area contributed by atoms with E-state index in [9.17, 15) is 19.1 Å². The summed E-state index contributed by atoms with van der Waals surface area (Å²) in [7, 11) is 0. The molecule has 0 radical (unpaired) electrons. The number of anilines is 1. The molecule has 1 N–H and O–H groups in total. The van der Waals surface area contributed by atoms with E-state index in [1.807, 2.05) is 32.0 Å². The van der Waals surface area contributed by atoms with Gasteiger partial charge in [-0.15, -0.1) is 0 Å². The van der Waals surface area contributed by atoms with Crippen molar-refractivity contribution < 1.29 is 19.1 Å². The fraction of sp³-hybridized carbons (Fsp3) is 0.125. The van der Waals surface area contributed by atoms with Crippen LogP contribution in [0.25, 0.3) is 5.76 Å². The van der Waals surface area contributed by atoms with Crippen molar-refractivity contribution in [3.05, 3.63) is 101 Å². The van der Waals surface area contributed by atoms with Gasteiger partial charge in [0.2, 0.25) is 0 Å². The lowest BCUT2D eigenvalue weighted by Crippen LogP contribution is -2.29. The highest BCUT2D eigenvalue weighted by Gasteiger charge is 2.47. The van der Waals surface area contributed by atoms with Crippen LogP contribution in [0.5, 0.6) is 0 Å². The zero-order chi connectivity index (χ0) is 21.4. The molecule has 0 aliphatic carbocycles. The van der Waals surface area contributed by atoms with Gasteiger partial charge in [-0.3, -0.25) is 19.5 Å². The van der Waals surface area contributed by atoms with Crippen molar-refractivity contribution >= 4 is 23.1 Å². The Kier molecular flexibility index (Phi) is 4.91. The molecule has 6 heteroatoms. The molecule has 2 heterocycles. The Morgan fingerprint density at radius 1 is 0.967 bits per heavy atom. The highest BCUT2D eigenvalue weighted by atomic mass is 19.1. The van der Waals surface area contributed by atoms with Crippen LogP contribution in [-0.4, -0.2) is 21.8 Å². The first-order chi connectivity index (χ1) is 14.4.